The topological polar surface area (TPSA) is 53.6 Å². The summed E-state index contributed by atoms with van der Waals surface area (Å²) in [4.78, 5) is 15.2. The van der Waals surface area contributed by atoms with Gasteiger partial charge in [-0.15, -0.1) is 0 Å². The summed E-state index contributed by atoms with van der Waals surface area (Å²) in [7, 11) is 0. The van der Waals surface area contributed by atoms with E-state index in [2.05, 4.69) is 34.6 Å². The van der Waals surface area contributed by atoms with Gasteiger partial charge in [-0.05, 0) is 72.9 Å². The van der Waals surface area contributed by atoms with E-state index in [1.165, 1.54) is 50.0 Å². The molecule has 3 saturated heterocycles. The maximum absolute atomic E-state index is 12.4. The Morgan fingerprint density at radius 3 is 2.91 bits per heavy atom. The quantitative estimate of drug-likeness (QED) is 0.716. The SMILES string of the molecule is CCC1CC2CC3C4Nc5ccc(OC(=O)NCc6ccccc6)cc5C4CCN(C2)C13. The lowest BCUT2D eigenvalue weighted by Crippen LogP contribution is -2.59. The first-order chi connectivity index (χ1) is 15.7. The number of benzene rings is 2. The number of anilines is 1. The van der Waals surface area contributed by atoms with Gasteiger partial charge in [0.05, 0.1) is 0 Å². The molecule has 7 unspecified atom stereocenters. The van der Waals surface area contributed by atoms with E-state index in [-0.39, 0.29) is 0 Å². The number of ether oxygens (including phenoxy) is 1. The van der Waals surface area contributed by atoms with Crippen LogP contribution < -0.4 is 15.4 Å². The Morgan fingerprint density at radius 2 is 2.06 bits per heavy atom. The highest BCUT2D eigenvalue weighted by molar-refractivity contribution is 5.71. The van der Waals surface area contributed by atoms with Crippen LogP contribution in [0.25, 0.3) is 0 Å². The fraction of sp³-hybridized carbons (Fsp3) is 0.519. The van der Waals surface area contributed by atoms with Crippen LogP contribution >= 0.6 is 0 Å². The number of nitrogens with one attached hydrogen (secondary N) is 2. The summed E-state index contributed by atoms with van der Waals surface area (Å²) < 4.78 is 5.65. The Morgan fingerprint density at radius 1 is 1.19 bits per heavy atom. The van der Waals surface area contributed by atoms with E-state index in [1.54, 1.807) is 0 Å². The van der Waals surface area contributed by atoms with Crippen molar-refractivity contribution in [3.05, 3.63) is 59.7 Å². The fourth-order valence-electron chi connectivity index (χ4n) is 7.19. The van der Waals surface area contributed by atoms with Gasteiger partial charge in [0.2, 0.25) is 0 Å². The Balaban J connectivity index is 1.18. The molecule has 0 radical (unpaired) electrons. The predicted molar refractivity (Wildman–Crippen MR) is 126 cm³/mol. The summed E-state index contributed by atoms with van der Waals surface area (Å²) in [5.41, 5.74) is 3.63. The van der Waals surface area contributed by atoms with Crippen LogP contribution in [0.2, 0.25) is 0 Å². The first kappa shape index (κ1) is 20.1. The van der Waals surface area contributed by atoms with Gasteiger partial charge in [-0.25, -0.2) is 4.79 Å². The number of carbonyl (C=O) groups excluding carboxylic acids is 1. The third kappa shape index (κ3) is 3.47. The molecule has 1 amide bonds. The van der Waals surface area contributed by atoms with Crippen LogP contribution in [0, 0.1) is 17.8 Å². The van der Waals surface area contributed by atoms with Gasteiger partial charge in [0.1, 0.15) is 5.75 Å². The summed E-state index contributed by atoms with van der Waals surface area (Å²) in [5, 5.41) is 6.76. The van der Waals surface area contributed by atoms with Gasteiger partial charge in [-0.2, -0.15) is 0 Å². The third-order valence-corrected chi connectivity index (χ3v) is 8.46. The number of rotatable bonds is 4. The molecule has 4 bridgehead atoms. The van der Waals surface area contributed by atoms with Gasteiger partial charge >= 0.3 is 6.09 Å². The van der Waals surface area contributed by atoms with E-state index in [9.17, 15) is 4.79 Å². The van der Waals surface area contributed by atoms with Crippen LogP contribution in [0.3, 0.4) is 0 Å². The van der Waals surface area contributed by atoms with E-state index in [0.29, 0.717) is 24.3 Å². The minimum atomic E-state index is -0.401. The maximum Gasteiger partial charge on any atom is 0.412 e. The van der Waals surface area contributed by atoms with Crippen LogP contribution in [0.1, 0.15) is 49.7 Å². The second-order valence-electron chi connectivity index (χ2n) is 10.2. The second kappa shape index (κ2) is 8.11. The first-order valence-corrected chi connectivity index (χ1v) is 12.3. The molecular weight excluding hydrogens is 398 g/mol. The Bertz CT molecular complexity index is 994. The van der Waals surface area contributed by atoms with E-state index >= 15 is 0 Å². The second-order valence-corrected chi connectivity index (χ2v) is 10.2. The number of carbonyl (C=O) groups is 1. The summed E-state index contributed by atoms with van der Waals surface area (Å²) >= 11 is 0. The molecule has 4 fully saturated rings. The molecule has 2 aromatic rings. The van der Waals surface area contributed by atoms with Crippen LogP contribution in [0.4, 0.5) is 10.5 Å². The minimum absolute atomic E-state index is 0.401. The van der Waals surface area contributed by atoms with Gasteiger partial charge in [0.25, 0.3) is 0 Å². The van der Waals surface area contributed by atoms with Crippen LogP contribution in [0.15, 0.2) is 48.5 Å². The molecule has 32 heavy (non-hydrogen) atoms. The van der Waals surface area contributed by atoms with Gasteiger partial charge in [-0.3, -0.25) is 4.90 Å². The van der Waals surface area contributed by atoms with E-state index in [1.807, 2.05) is 36.4 Å². The molecule has 1 saturated carbocycles. The molecular formula is C27H33N3O2. The van der Waals surface area contributed by atoms with Gasteiger partial charge < -0.3 is 15.4 Å². The van der Waals surface area contributed by atoms with Crippen molar-refractivity contribution >= 4 is 11.8 Å². The lowest BCUT2D eigenvalue weighted by Gasteiger charge is -2.54. The van der Waals surface area contributed by atoms with Crippen molar-refractivity contribution < 1.29 is 9.53 Å². The fourth-order valence-corrected chi connectivity index (χ4v) is 7.19. The molecule has 0 aromatic heterocycles. The highest BCUT2D eigenvalue weighted by Gasteiger charge is 2.53. The molecule has 168 valence electrons. The molecule has 2 N–H and O–H groups in total. The number of piperidine rings is 2. The molecule has 1 aliphatic carbocycles. The Labute approximate surface area is 190 Å². The molecule has 7 atom stereocenters. The third-order valence-electron chi connectivity index (χ3n) is 8.46. The van der Waals surface area contributed by atoms with Crippen molar-refractivity contribution in [1.82, 2.24) is 10.2 Å². The Hall–Kier alpha value is -2.53. The number of nitrogens with zero attached hydrogens (tertiary/aromatic N) is 1. The predicted octanol–water partition coefficient (Wildman–Crippen LogP) is 4.99. The summed E-state index contributed by atoms with van der Waals surface area (Å²) in [6.07, 6.45) is 4.88. The summed E-state index contributed by atoms with van der Waals surface area (Å²) in [6.45, 7) is 5.34. The molecule has 0 spiro atoms. The molecule has 4 aliphatic heterocycles. The number of hydrogen-bond donors (Lipinski definition) is 2. The van der Waals surface area contributed by atoms with Crippen molar-refractivity contribution in [2.45, 2.75) is 57.2 Å². The lowest BCUT2D eigenvalue weighted by molar-refractivity contribution is -0.0383. The van der Waals surface area contributed by atoms with E-state index in [4.69, 9.17) is 4.74 Å². The van der Waals surface area contributed by atoms with Gasteiger partial charge in [0.15, 0.2) is 0 Å². The highest BCUT2D eigenvalue weighted by atomic mass is 16.6. The van der Waals surface area contributed by atoms with E-state index < -0.39 is 6.09 Å². The maximum atomic E-state index is 12.4. The van der Waals surface area contributed by atoms with E-state index in [0.717, 1.165) is 29.4 Å². The standard InChI is InChI=1S/C27H33N3O2/c1-2-19-12-18-13-23-25-21(10-11-30(16-18)26(19)23)22-14-20(8-9-24(22)29-25)32-27(31)28-15-17-6-4-3-5-7-17/h3-9,14,18-19,21,23,25-26,29H,2,10-13,15-16H2,1H3,(H,28,31). The molecule has 4 heterocycles. The van der Waals surface area contributed by atoms with Crippen molar-refractivity contribution in [2.24, 2.45) is 17.8 Å². The first-order valence-electron chi connectivity index (χ1n) is 12.3. The zero-order valence-electron chi connectivity index (χ0n) is 18.8. The monoisotopic (exact) mass is 431 g/mol. The number of fused-ring (bicyclic) bond motifs is 4. The van der Waals surface area contributed by atoms with Crippen molar-refractivity contribution in [2.75, 3.05) is 18.4 Å². The van der Waals surface area contributed by atoms with Crippen LogP contribution in [-0.4, -0.2) is 36.2 Å². The van der Waals surface area contributed by atoms with Crippen molar-refractivity contribution in [3.8, 4) is 5.75 Å². The van der Waals surface area contributed by atoms with Crippen molar-refractivity contribution in [3.63, 3.8) is 0 Å². The smallest absolute Gasteiger partial charge is 0.410 e. The number of hydrogen-bond acceptors (Lipinski definition) is 4. The minimum Gasteiger partial charge on any atom is -0.410 e. The average molecular weight is 432 g/mol. The highest BCUT2D eigenvalue weighted by Crippen LogP contribution is 2.53. The lowest BCUT2D eigenvalue weighted by atomic mass is 9.63. The van der Waals surface area contributed by atoms with Crippen LogP contribution in [0.5, 0.6) is 5.75 Å². The number of amides is 1. The summed E-state index contributed by atoms with van der Waals surface area (Å²) in [6, 6.07) is 17.3. The van der Waals surface area contributed by atoms with Crippen LogP contribution in [-0.2, 0) is 6.54 Å². The van der Waals surface area contributed by atoms with Crippen molar-refractivity contribution in [1.29, 1.82) is 0 Å². The molecule has 5 nitrogen and oxygen atoms in total. The molecule has 5 aliphatic rings. The normalized spacial score (nSPS) is 34.1. The molecule has 5 heteroatoms. The Kier molecular flexibility index (Phi) is 5.09. The summed E-state index contributed by atoms with van der Waals surface area (Å²) in [5.74, 6) is 3.59. The molecule has 2 aromatic carbocycles. The zero-order valence-corrected chi connectivity index (χ0v) is 18.8. The largest absolute Gasteiger partial charge is 0.412 e. The average Bonchev–Trinajstić information content (AvgIpc) is 3.14. The molecule has 7 rings (SSSR count). The zero-order chi connectivity index (χ0) is 21.7. The van der Waals surface area contributed by atoms with Gasteiger partial charge in [-0.1, -0.05) is 43.7 Å². The van der Waals surface area contributed by atoms with Gasteiger partial charge in [0, 0.05) is 36.8 Å².